The van der Waals surface area contributed by atoms with Crippen LogP contribution < -0.4 is 5.32 Å². The molecule has 1 aromatic heterocycles. The molecule has 1 heterocycles. The zero-order valence-electron chi connectivity index (χ0n) is 18.1. The molecule has 1 saturated carbocycles. The summed E-state index contributed by atoms with van der Waals surface area (Å²) in [7, 11) is 0. The van der Waals surface area contributed by atoms with Gasteiger partial charge in [-0.1, -0.05) is 40.9 Å². The molecule has 1 fully saturated rings. The molecule has 8 heteroatoms. The van der Waals surface area contributed by atoms with Gasteiger partial charge >= 0.3 is 12.1 Å². The van der Waals surface area contributed by atoms with Crippen LogP contribution in [0.15, 0.2) is 81.6 Å². The van der Waals surface area contributed by atoms with E-state index < -0.39 is 23.6 Å². The summed E-state index contributed by atoms with van der Waals surface area (Å²) in [5, 5.41) is 16.3. The first kappa shape index (κ1) is 21.8. The normalized spacial score (nSPS) is 17.8. The van der Waals surface area contributed by atoms with E-state index in [1.54, 1.807) is 25.1 Å². The van der Waals surface area contributed by atoms with Crippen molar-refractivity contribution in [1.82, 2.24) is 5.16 Å². The van der Waals surface area contributed by atoms with Crippen LogP contribution in [0.25, 0.3) is 0 Å². The molecule has 3 aliphatic carbocycles. The highest BCUT2D eigenvalue weighted by molar-refractivity contribution is 6.31. The molecular formula is C26H19ClN2O5. The van der Waals surface area contributed by atoms with Crippen LogP contribution in [-0.2, 0) is 9.53 Å². The smallest absolute Gasteiger partial charge is 0.412 e. The van der Waals surface area contributed by atoms with E-state index in [0.29, 0.717) is 23.4 Å². The minimum absolute atomic E-state index is 0.187. The Bertz CT molecular complexity index is 1400. The van der Waals surface area contributed by atoms with Crippen molar-refractivity contribution in [1.29, 1.82) is 0 Å². The molecule has 1 aromatic carbocycles. The van der Waals surface area contributed by atoms with Gasteiger partial charge in [0.15, 0.2) is 0 Å². The Balaban J connectivity index is 1.24. The molecule has 2 N–H and O–H groups in total. The molecule has 1 amide bonds. The number of anilines is 1. The molecule has 0 bridgehead atoms. The number of halogens is 1. The highest BCUT2D eigenvalue weighted by atomic mass is 35.5. The Morgan fingerprint density at radius 1 is 1.18 bits per heavy atom. The maximum absolute atomic E-state index is 12.3. The number of carbonyl (C=O) groups is 2. The first-order chi connectivity index (χ1) is 16.4. The number of carboxylic acid groups (broad SMARTS) is 1. The Labute approximate surface area is 200 Å². The Kier molecular flexibility index (Phi) is 5.39. The second-order valence-corrected chi connectivity index (χ2v) is 8.71. The Hall–Kier alpha value is -4.02. The van der Waals surface area contributed by atoms with Crippen LogP contribution in [0.2, 0.25) is 5.02 Å². The molecular weight excluding hydrogens is 456 g/mol. The van der Waals surface area contributed by atoms with Gasteiger partial charge in [-0.3, -0.25) is 10.1 Å². The van der Waals surface area contributed by atoms with Gasteiger partial charge in [-0.2, -0.15) is 0 Å². The summed E-state index contributed by atoms with van der Waals surface area (Å²) in [6.45, 7) is 1.72. The summed E-state index contributed by atoms with van der Waals surface area (Å²) in [5.74, 6) is 5.28. The fourth-order valence-electron chi connectivity index (χ4n) is 3.99. The molecule has 1 unspecified atom stereocenters. The topological polar surface area (TPSA) is 102 Å². The number of carboxylic acids is 1. The fraction of sp³-hybridized carbons (Fsp3) is 0.192. The number of aromatic nitrogens is 1. The molecule has 7 nitrogen and oxygen atoms in total. The van der Waals surface area contributed by atoms with E-state index in [0.717, 1.165) is 22.3 Å². The van der Waals surface area contributed by atoms with Crippen LogP contribution >= 0.6 is 11.6 Å². The van der Waals surface area contributed by atoms with E-state index in [9.17, 15) is 14.7 Å². The van der Waals surface area contributed by atoms with Gasteiger partial charge in [0.05, 0.1) is 11.6 Å². The van der Waals surface area contributed by atoms with Gasteiger partial charge < -0.3 is 14.4 Å². The number of nitrogens with zero attached hydrogens (tertiary/aromatic N) is 1. The number of allylic oxidation sites excluding steroid dienone is 7. The molecule has 0 radical (unpaired) electrons. The highest BCUT2D eigenvalue weighted by Gasteiger charge is 2.53. The van der Waals surface area contributed by atoms with Crippen molar-refractivity contribution in [2.45, 2.75) is 25.9 Å². The van der Waals surface area contributed by atoms with Crippen molar-refractivity contribution < 1.29 is 24.0 Å². The monoisotopic (exact) mass is 474 g/mol. The Morgan fingerprint density at radius 3 is 2.65 bits per heavy atom. The number of fused-ring (bicyclic) bond motifs is 1. The van der Waals surface area contributed by atoms with Crippen molar-refractivity contribution in [2.24, 2.45) is 5.41 Å². The molecule has 1 atom stereocenters. The average Bonchev–Trinajstić information content (AvgIpc) is 3.12. The predicted octanol–water partition coefficient (Wildman–Crippen LogP) is 5.59. The second-order valence-electron chi connectivity index (χ2n) is 8.30. The number of hydrogen-bond donors (Lipinski definition) is 2. The number of carbonyl (C=O) groups excluding carboxylic acids is 1. The van der Waals surface area contributed by atoms with E-state index in [-0.39, 0.29) is 11.4 Å². The fourth-order valence-corrected chi connectivity index (χ4v) is 4.27. The van der Waals surface area contributed by atoms with Gasteiger partial charge in [-0.05, 0) is 72.8 Å². The third-order valence-electron chi connectivity index (χ3n) is 6.04. The maximum atomic E-state index is 12.3. The average molecular weight is 475 g/mol. The number of benzene rings is 1. The number of hydrogen-bond acceptors (Lipinski definition) is 5. The van der Waals surface area contributed by atoms with E-state index in [2.05, 4.69) is 22.3 Å². The van der Waals surface area contributed by atoms with Crippen molar-refractivity contribution in [3.8, 4) is 11.8 Å². The van der Waals surface area contributed by atoms with Crippen LogP contribution in [0.3, 0.4) is 0 Å². The molecule has 34 heavy (non-hydrogen) atoms. The van der Waals surface area contributed by atoms with Crippen LogP contribution in [0.1, 0.15) is 37.2 Å². The van der Waals surface area contributed by atoms with Crippen LogP contribution in [0.5, 0.6) is 0 Å². The Morgan fingerprint density at radius 2 is 1.94 bits per heavy atom. The first-order valence-electron chi connectivity index (χ1n) is 10.7. The highest BCUT2D eigenvalue weighted by Crippen LogP contribution is 2.55. The molecule has 170 valence electrons. The molecule has 0 spiro atoms. The zero-order chi connectivity index (χ0) is 23.9. The number of nitrogens with one attached hydrogen (secondary N) is 1. The SMILES string of the molecule is CC(OC(=O)Nc1cnoc1C#CC1=CC2=CC(C3(C(=O)O)CC3)=CC2=C1)c1ccccc1Cl. The van der Waals surface area contributed by atoms with Crippen LogP contribution in [0.4, 0.5) is 10.5 Å². The number of amides is 1. The van der Waals surface area contributed by atoms with Gasteiger partial charge in [0.2, 0.25) is 5.76 Å². The molecule has 3 aliphatic rings. The van der Waals surface area contributed by atoms with Crippen molar-refractivity contribution >= 4 is 29.4 Å². The lowest BCUT2D eigenvalue weighted by atomic mass is 9.96. The molecule has 2 aromatic rings. The molecule has 5 rings (SSSR count). The maximum Gasteiger partial charge on any atom is 0.412 e. The van der Waals surface area contributed by atoms with Gasteiger partial charge in [0, 0.05) is 16.2 Å². The zero-order valence-corrected chi connectivity index (χ0v) is 18.8. The molecule has 0 aliphatic heterocycles. The minimum atomic E-state index is -0.773. The quantitative estimate of drug-likeness (QED) is 0.548. The number of rotatable bonds is 5. The largest absolute Gasteiger partial charge is 0.481 e. The number of ether oxygens (including phenoxy) is 1. The summed E-state index contributed by atoms with van der Waals surface area (Å²) in [4.78, 5) is 23.9. The summed E-state index contributed by atoms with van der Waals surface area (Å²) in [6, 6.07) is 7.13. The lowest BCUT2D eigenvalue weighted by Gasteiger charge is -2.14. The first-order valence-corrected chi connectivity index (χ1v) is 11.0. The van der Waals surface area contributed by atoms with Crippen LogP contribution in [-0.4, -0.2) is 22.3 Å². The summed E-state index contributed by atoms with van der Waals surface area (Å²) in [6.07, 6.45) is 9.06. The van der Waals surface area contributed by atoms with Gasteiger partial charge in [-0.25, -0.2) is 4.79 Å². The summed E-state index contributed by atoms with van der Waals surface area (Å²) < 4.78 is 10.6. The van der Waals surface area contributed by atoms with Crippen molar-refractivity contribution in [3.63, 3.8) is 0 Å². The second kappa shape index (κ2) is 8.40. The van der Waals surface area contributed by atoms with Gasteiger partial charge in [0.25, 0.3) is 0 Å². The third kappa shape index (κ3) is 4.04. The van der Waals surface area contributed by atoms with Crippen molar-refractivity contribution in [2.75, 3.05) is 5.32 Å². The van der Waals surface area contributed by atoms with Gasteiger partial charge in [0.1, 0.15) is 11.8 Å². The number of aliphatic carboxylic acids is 1. The van der Waals surface area contributed by atoms with Crippen LogP contribution in [0, 0.1) is 17.3 Å². The van der Waals surface area contributed by atoms with E-state index in [1.165, 1.54) is 6.20 Å². The standard InChI is InChI=1S/C26H19ClN2O5/c1-15(20-4-2-3-5-21(20)27)33-25(32)29-22-14-28-34-23(22)7-6-16-10-17-12-19(13-18(17)11-16)26(8-9-26)24(30)31/h2-5,10-15H,8-9H2,1H3,(H,29,32)(H,30,31). The summed E-state index contributed by atoms with van der Waals surface area (Å²) in [5.41, 5.74) is 3.73. The van der Waals surface area contributed by atoms with E-state index in [1.807, 2.05) is 30.4 Å². The minimum Gasteiger partial charge on any atom is -0.481 e. The van der Waals surface area contributed by atoms with Gasteiger partial charge in [-0.15, -0.1) is 0 Å². The van der Waals surface area contributed by atoms with Crippen molar-refractivity contribution in [3.05, 3.63) is 93.4 Å². The van der Waals surface area contributed by atoms with E-state index in [4.69, 9.17) is 20.9 Å². The third-order valence-corrected chi connectivity index (χ3v) is 6.39. The lowest BCUT2D eigenvalue weighted by molar-refractivity contribution is -0.141. The lowest BCUT2D eigenvalue weighted by Crippen LogP contribution is -2.16. The summed E-state index contributed by atoms with van der Waals surface area (Å²) >= 11 is 6.16. The van der Waals surface area contributed by atoms with E-state index >= 15 is 0 Å². The molecule has 0 saturated heterocycles. The predicted molar refractivity (Wildman–Crippen MR) is 125 cm³/mol.